The van der Waals surface area contributed by atoms with Crippen molar-refractivity contribution in [2.24, 2.45) is 5.73 Å². The summed E-state index contributed by atoms with van der Waals surface area (Å²) in [5.41, 5.74) is 6.72. The maximum atomic E-state index is 12.5. The SMILES string of the molecule is CCOc1ccccc1C(=O)CC1(N)CCCCC1. The van der Waals surface area contributed by atoms with E-state index in [2.05, 4.69) is 0 Å². The van der Waals surface area contributed by atoms with E-state index in [9.17, 15) is 4.79 Å². The Morgan fingerprint density at radius 1 is 1.26 bits per heavy atom. The second-order valence-electron chi connectivity index (χ2n) is 5.45. The van der Waals surface area contributed by atoms with Gasteiger partial charge in [-0.3, -0.25) is 4.79 Å². The summed E-state index contributed by atoms with van der Waals surface area (Å²) in [4.78, 5) is 12.5. The lowest BCUT2D eigenvalue weighted by Gasteiger charge is -2.32. The first kappa shape index (κ1) is 14.1. The number of hydrogen-bond acceptors (Lipinski definition) is 3. The second-order valence-corrected chi connectivity index (χ2v) is 5.45. The monoisotopic (exact) mass is 261 g/mol. The molecule has 0 saturated heterocycles. The first-order valence-electron chi connectivity index (χ1n) is 7.18. The van der Waals surface area contributed by atoms with E-state index in [1.54, 1.807) is 0 Å². The lowest BCUT2D eigenvalue weighted by molar-refractivity contribution is 0.0931. The highest BCUT2D eigenvalue weighted by atomic mass is 16.5. The Labute approximate surface area is 115 Å². The van der Waals surface area contributed by atoms with E-state index in [1.165, 1.54) is 6.42 Å². The van der Waals surface area contributed by atoms with Crippen molar-refractivity contribution in [3.8, 4) is 5.75 Å². The average molecular weight is 261 g/mol. The van der Waals surface area contributed by atoms with Crippen molar-refractivity contribution in [3.63, 3.8) is 0 Å². The summed E-state index contributed by atoms with van der Waals surface area (Å²) >= 11 is 0. The molecule has 0 heterocycles. The Balaban J connectivity index is 2.11. The number of Topliss-reactive ketones (excluding diaryl/α,β-unsaturated/α-hetero) is 1. The molecule has 0 unspecified atom stereocenters. The molecule has 0 bridgehead atoms. The second kappa shape index (κ2) is 6.20. The van der Waals surface area contributed by atoms with Crippen LogP contribution in [-0.2, 0) is 0 Å². The van der Waals surface area contributed by atoms with Crippen molar-refractivity contribution in [1.29, 1.82) is 0 Å². The van der Waals surface area contributed by atoms with Crippen LogP contribution in [-0.4, -0.2) is 17.9 Å². The number of ketones is 1. The van der Waals surface area contributed by atoms with E-state index in [1.807, 2.05) is 31.2 Å². The molecule has 2 rings (SSSR count). The van der Waals surface area contributed by atoms with E-state index in [0.717, 1.165) is 25.7 Å². The van der Waals surface area contributed by atoms with Crippen molar-refractivity contribution in [2.75, 3.05) is 6.61 Å². The van der Waals surface area contributed by atoms with Crippen LogP contribution >= 0.6 is 0 Å². The molecular weight excluding hydrogens is 238 g/mol. The Bertz CT molecular complexity index is 436. The molecular formula is C16H23NO2. The molecule has 1 fully saturated rings. The van der Waals surface area contributed by atoms with Gasteiger partial charge in [0.25, 0.3) is 0 Å². The van der Waals surface area contributed by atoms with Crippen molar-refractivity contribution in [1.82, 2.24) is 0 Å². The lowest BCUT2D eigenvalue weighted by Crippen LogP contribution is -2.43. The van der Waals surface area contributed by atoms with Gasteiger partial charge in [-0.25, -0.2) is 0 Å². The summed E-state index contributed by atoms with van der Waals surface area (Å²) < 4.78 is 5.52. The van der Waals surface area contributed by atoms with Crippen LogP contribution in [0.4, 0.5) is 0 Å². The normalized spacial score (nSPS) is 18.0. The summed E-state index contributed by atoms with van der Waals surface area (Å²) in [5.74, 6) is 0.780. The summed E-state index contributed by atoms with van der Waals surface area (Å²) in [5, 5.41) is 0. The first-order valence-corrected chi connectivity index (χ1v) is 7.18. The standard InChI is InChI=1S/C16H23NO2/c1-2-19-15-9-5-4-8-13(15)14(18)12-16(17)10-6-3-7-11-16/h4-5,8-9H,2-3,6-7,10-12,17H2,1H3. The minimum absolute atomic E-state index is 0.105. The molecule has 1 aromatic rings. The van der Waals surface area contributed by atoms with E-state index in [0.29, 0.717) is 24.3 Å². The average Bonchev–Trinajstić information content (AvgIpc) is 2.40. The molecule has 3 nitrogen and oxygen atoms in total. The number of para-hydroxylation sites is 1. The van der Waals surface area contributed by atoms with E-state index < -0.39 is 0 Å². The fourth-order valence-electron chi connectivity index (χ4n) is 2.83. The molecule has 2 N–H and O–H groups in total. The third kappa shape index (κ3) is 3.57. The van der Waals surface area contributed by atoms with Gasteiger partial charge in [-0.05, 0) is 31.9 Å². The van der Waals surface area contributed by atoms with Gasteiger partial charge in [-0.2, -0.15) is 0 Å². The molecule has 0 aliphatic heterocycles. The predicted octanol–water partition coefficient (Wildman–Crippen LogP) is 3.32. The Hall–Kier alpha value is -1.35. The number of carbonyl (C=O) groups excluding carboxylic acids is 1. The summed E-state index contributed by atoms with van der Waals surface area (Å²) in [6.07, 6.45) is 5.85. The third-order valence-corrected chi connectivity index (χ3v) is 3.85. The first-order chi connectivity index (χ1) is 9.14. The molecule has 1 aliphatic rings. The maximum absolute atomic E-state index is 12.5. The highest BCUT2D eigenvalue weighted by Gasteiger charge is 2.31. The highest BCUT2D eigenvalue weighted by Crippen LogP contribution is 2.31. The molecule has 1 aliphatic carbocycles. The quantitative estimate of drug-likeness (QED) is 0.827. The zero-order valence-electron chi connectivity index (χ0n) is 11.7. The summed E-state index contributed by atoms with van der Waals surface area (Å²) in [6.45, 7) is 2.49. The lowest BCUT2D eigenvalue weighted by atomic mass is 9.78. The molecule has 1 saturated carbocycles. The Morgan fingerprint density at radius 2 is 1.95 bits per heavy atom. The third-order valence-electron chi connectivity index (χ3n) is 3.85. The minimum atomic E-state index is -0.311. The van der Waals surface area contributed by atoms with Gasteiger partial charge in [-0.1, -0.05) is 31.4 Å². The molecule has 0 aromatic heterocycles. The molecule has 19 heavy (non-hydrogen) atoms. The van der Waals surface area contributed by atoms with Crippen LogP contribution in [0.3, 0.4) is 0 Å². The van der Waals surface area contributed by atoms with Crippen LogP contribution in [0.25, 0.3) is 0 Å². The molecule has 0 atom stereocenters. The summed E-state index contributed by atoms with van der Waals surface area (Å²) in [7, 11) is 0. The van der Waals surface area contributed by atoms with Gasteiger partial charge in [0.15, 0.2) is 5.78 Å². The Kier molecular flexibility index (Phi) is 4.59. The molecule has 0 radical (unpaired) electrons. The van der Waals surface area contributed by atoms with Gasteiger partial charge in [-0.15, -0.1) is 0 Å². The smallest absolute Gasteiger partial charge is 0.168 e. The van der Waals surface area contributed by atoms with E-state index in [4.69, 9.17) is 10.5 Å². The zero-order chi connectivity index (χ0) is 13.7. The zero-order valence-corrected chi connectivity index (χ0v) is 11.7. The van der Waals surface area contributed by atoms with Crippen LogP contribution in [0.2, 0.25) is 0 Å². The van der Waals surface area contributed by atoms with Crippen LogP contribution < -0.4 is 10.5 Å². The largest absolute Gasteiger partial charge is 0.493 e. The molecule has 1 aromatic carbocycles. The maximum Gasteiger partial charge on any atom is 0.168 e. The number of nitrogens with two attached hydrogens (primary N) is 1. The van der Waals surface area contributed by atoms with Crippen molar-refractivity contribution in [2.45, 2.75) is 51.0 Å². The predicted molar refractivity (Wildman–Crippen MR) is 76.6 cm³/mol. The number of benzene rings is 1. The number of ether oxygens (including phenoxy) is 1. The van der Waals surface area contributed by atoms with Crippen molar-refractivity contribution < 1.29 is 9.53 Å². The van der Waals surface area contributed by atoms with E-state index in [-0.39, 0.29) is 11.3 Å². The Morgan fingerprint density at radius 3 is 2.63 bits per heavy atom. The van der Waals surface area contributed by atoms with Crippen LogP contribution in [0.5, 0.6) is 5.75 Å². The van der Waals surface area contributed by atoms with Crippen molar-refractivity contribution >= 4 is 5.78 Å². The minimum Gasteiger partial charge on any atom is -0.493 e. The summed E-state index contributed by atoms with van der Waals surface area (Å²) in [6, 6.07) is 7.45. The van der Waals surface area contributed by atoms with Gasteiger partial charge in [0.1, 0.15) is 5.75 Å². The number of carbonyl (C=O) groups is 1. The van der Waals surface area contributed by atoms with E-state index >= 15 is 0 Å². The van der Waals surface area contributed by atoms with Gasteiger partial charge < -0.3 is 10.5 Å². The topological polar surface area (TPSA) is 52.3 Å². The fourth-order valence-corrected chi connectivity index (χ4v) is 2.83. The molecule has 104 valence electrons. The molecule has 0 spiro atoms. The number of hydrogen-bond donors (Lipinski definition) is 1. The van der Waals surface area contributed by atoms with Gasteiger partial charge in [0.05, 0.1) is 12.2 Å². The molecule has 3 heteroatoms. The van der Waals surface area contributed by atoms with Crippen LogP contribution in [0, 0.1) is 0 Å². The van der Waals surface area contributed by atoms with Crippen molar-refractivity contribution in [3.05, 3.63) is 29.8 Å². The number of rotatable bonds is 5. The van der Waals surface area contributed by atoms with Crippen LogP contribution in [0.1, 0.15) is 55.8 Å². The van der Waals surface area contributed by atoms with Gasteiger partial charge in [0, 0.05) is 12.0 Å². The fraction of sp³-hybridized carbons (Fsp3) is 0.562. The molecule has 0 amide bonds. The highest BCUT2D eigenvalue weighted by molar-refractivity contribution is 5.99. The van der Waals surface area contributed by atoms with Gasteiger partial charge in [0.2, 0.25) is 0 Å². The van der Waals surface area contributed by atoms with Crippen LogP contribution in [0.15, 0.2) is 24.3 Å². The van der Waals surface area contributed by atoms with Gasteiger partial charge >= 0.3 is 0 Å².